The molecule has 1 saturated carbocycles. The molecule has 90 valence electrons. The van der Waals surface area contributed by atoms with Gasteiger partial charge in [0, 0.05) is 22.3 Å². The van der Waals surface area contributed by atoms with E-state index in [-0.39, 0.29) is 6.10 Å². The van der Waals surface area contributed by atoms with E-state index in [0.717, 1.165) is 19.4 Å². The summed E-state index contributed by atoms with van der Waals surface area (Å²) in [5.41, 5.74) is 1.38. The van der Waals surface area contributed by atoms with Crippen molar-refractivity contribution in [2.45, 2.75) is 58.2 Å². The standard InChI is InChI=1S/C13H21NOS/c1-9-7-11(16-10(9)2)8-14-12-5-3-4-6-13(12)15/h7,12-15H,3-6,8H2,1-2H3/t12-,13-/m1/s1. The number of aryl methyl sites for hydroxylation is 2. The summed E-state index contributed by atoms with van der Waals surface area (Å²) in [5.74, 6) is 0. The van der Waals surface area contributed by atoms with Gasteiger partial charge in [-0.15, -0.1) is 11.3 Å². The van der Waals surface area contributed by atoms with Gasteiger partial charge >= 0.3 is 0 Å². The second kappa shape index (κ2) is 5.30. The Kier molecular flexibility index (Phi) is 4.00. The smallest absolute Gasteiger partial charge is 0.0693 e. The van der Waals surface area contributed by atoms with Gasteiger partial charge in [0.05, 0.1) is 6.10 Å². The van der Waals surface area contributed by atoms with Crippen LogP contribution in [0.3, 0.4) is 0 Å². The van der Waals surface area contributed by atoms with Crippen LogP contribution in [0.4, 0.5) is 0 Å². The van der Waals surface area contributed by atoms with Crippen molar-refractivity contribution in [3.05, 3.63) is 21.4 Å². The van der Waals surface area contributed by atoms with E-state index in [2.05, 4.69) is 25.2 Å². The van der Waals surface area contributed by atoms with Crippen LogP contribution in [0.5, 0.6) is 0 Å². The zero-order valence-corrected chi connectivity index (χ0v) is 10.9. The Hall–Kier alpha value is -0.380. The summed E-state index contributed by atoms with van der Waals surface area (Å²) in [6, 6.07) is 2.55. The molecule has 1 aliphatic rings. The van der Waals surface area contributed by atoms with Crippen LogP contribution in [0, 0.1) is 13.8 Å². The SMILES string of the molecule is Cc1cc(CN[C@@H]2CCCC[C@H]2O)sc1C. The molecule has 3 heteroatoms. The minimum atomic E-state index is -0.143. The molecule has 1 aliphatic carbocycles. The second-order valence-corrected chi connectivity index (χ2v) is 6.13. The van der Waals surface area contributed by atoms with E-state index < -0.39 is 0 Å². The fourth-order valence-electron chi connectivity index (χ4n) is 2.32. The molecule has 1 aromatic rings. The Balaban J connectivity index is 1.86. The molecular weight excluding hydrogens is 218 g/mol. The van der Waals surface area contributed by atoms with Crippen LogP contribution in [0.25, 0.3) is 0 Å². The van der Waals surface area contributed by atoms with Crippen molar-refractivity contribution in [1.29, 1.82) is 0 Å². The molecule has 1 fully saturated rings. The highest BCUT2D eigenvalue weighted by atomic mass is 32.1. The molecule has 1 heterocycles. The predicted octanol–water partition coefficient (Wildman–Crippen LogP) is 2.76. The third-order valence-corrected chi connectivity index (χ3v) is 4.64. The molecule has 2 N–H and O–H groups in total. The van der Waals surface area contributed by atoms with E-state index in [1.54, 1.807) is 0 Å². The van der Waals surface area contributed by atoms with E-state index in [0.29, 0.717) is 6.04 Å². The van der Waals surface area contributed by atoms with Crippen molar-refractivity contribution in [2.24, 2.45) is 0 Å². The Morgan fingerprint density at radius 3 is 2.75 bits per heavy atom. The normalized spacial score (nSPS) is 25.9. The van der Waals surface area contributed by atoms with Gasteiger partial charge in [-0.05, 0) is 38.3 Å². The fourth-order valence-corrected chi connectivity index (χ4v) is 3.32. The average Bonchev–Trinajstić information content (AvgIpc) is 2.57. The average molecular weight is 239 g/mol. The molecule has 2 atom stereocenters. The van der Waals surface area contributed by atoms with Crippen LogP contribution >= 0.6 is 11.3 Å². The Labute approximate surface area is 102 Å². The minimum Gasteiger partial charge on any atom is -0.392 e. The first-order valence-electron chi connectivity index (χ1n) is 6.14. The van der Waals surface area contributed by atoms with Crippen LogP contribution in [0.2, 0.25) is 0 Å². The molecule has 0 bridgehead atoms. The third kappa shape index (κ3) is 2.84. The lowest BCUT2D eigenvalue weighted by molar-refractivity contribution is 0.0904. The zero-order valence-electron chi connectivity index (χ0n) is 10.1. The lowest BCUT2D eigenvalue weighted by Gasteiger charge is -2.28. The third-order valence-electron chi connectivity index (χ3n) is 3.48. The first-order chi connectivity index (χ1) is 7.66. The summed E-state index contributed by atoms with van der Waals surface area (Å²) in [6.07, 6.45) is 4.36. The number of hydrogen-bond acceptors (Lipinski definition) is 3. The van der Waals surface area contributed by atoms with Crippen molar-refractivity contribution in [2.75, 3.05) is 0 Å². The van der Waals surface area contributed by atoms with Crippen molar-refractivity contribution in [3.63, 3.8) is 0 Å². The molecule has 0 aliphatic heterocycles. The van der Waals surface area contributed by atoms with Gasteiger partial charge in [0.2, 0.25) is 0 Å². The summed E-state index contributed by atoms with van der Waals surface area (Å²) in [7, 11) is 0. The Morgan fingerprint density at radius 1 is 1.38 bits per heavy atom. The molecule has 0 unspecified atom stereocenters. The van der Waals surface area contributed by atoms with Crippen LogP contribution < -0.4 is 5.32 Å². The van der Waals surface area contributed by atoms with Gasteiger partial charge < -0.3 is 10.4 Å². The zero-order chi connectivity index (χ0) is 11.5. The van der Waals surface area contributed by atoms with E-state index in [1.165, 1.54) is 28.2 Å². The number of aliphatic hydroxyl groups excluding tert-OH is 1. The Morgan fingerprint density at radius 2 is 2.12 bits per heavy atom. The summed E-state index contributed by atoms with van der Waals surface area (Å²) in [4.78, 5) is 2.79. The quantitative estimate of drug-likeness (QED) is 0.850. The summed E-state index contributed by atoms with van der Waals surface area (Å²) < 4.78 is 0. The Bertz CT molecular complexity index is 328. The monoisotopic (exact) mass is 239 g/mol. The maximum absolute atomic E-state index is 9.85. The van der Waals surface area contributed by atoms with Gasteiger partial charge in [-0.2, -0.15) is 0 Å². The molecule has 0 aromatic carbocycles. The summed E-state index contributed by atoms with van der Waals surface area (Å²) >= 11 is 1.86. The van der Waals surface area contributed by atoms with E-state index in [1.807, 2.05) is 11.3 Å². The highest BCUT2D eigenvalue weighted by molar-refractivity contribution is 7.12. The largest absolute Gasteiger partial charge is 0.392 e. The van der Waals surface area contributed by atoms with Gasteiger partial charge in [0.1, 0.15) is 0 Å². The molecule has 2 rings (SSSR count). The molecule has 0 saturated heterocycles. The number of thiophene rings is 1. The highest BCUT2D eigenvalue weighted by Crippen LogP contribution is 2.22. The first kappa shape index (κ1) is 12.1. The second-order valence-electron chi connectivity index (χ2n) is 4.79. The van der Waals surface area contributed by atoms with E-state index in [9.17, 15) is 5.11 Å². The minimum absolute atomic E-state index is 0.143. The van der Waals surface area contributed by atoms with Crippen molar-refractivity contribution < 1.29 is 5.11 Å². The summed E-state index contributed by atoms with van der Waals surface area (Å²) in [6.45, 7) is 5.23. The molecular formula is C13H21NOS. The number of aliphatic hydroxyl groups is 1. The van der Waals surface area contributed by atoms with Crippen LogP contribution in [0.15, 0.2) is 6.07 Å². The molecule has 0 radical (unpaired) electrons. The first-order valence-corrected chi connectivity index (χ1v) is 6.96. The topological polar surface area (TPSA) is 32.3 Å². The lowest BCUT2D eigenvalue weighted by Crippen LogP contribution is -2.41. The molecule has 16 heavy (non-hydrogen) atoms. The highest BCUT2D eigenvalue weighted by Gasteiger charge is 2.22. The summed E-state index contributed by atoms with van der Waals surface area (Å²) in [5, 5.41) is 13.3. The maximum atomic E-state index is 9.85. The fraction of sp³-hybridized carbons (Fsp3) is 0.692. The van der Waals surface area contributed by atoms with Crippen molar-refractivity contribution >= 4 is 11.3 Å². The van der Waals surface area contributed by atoms with Crippen LogP contribution in [-0.2, 0) is 6.54 Å². The van der Waals surface area contributed by atoms with Gasteiger partial charge in [0.15, 0.2) is 0 Å². The molecule has 0 spiro atoms. The van der Waals surface area contributed by atoms with Crippen molar-refractivity contribution in [3.8, 4) is 0 Å². The number of nitrogens with one attached hydrogen (secondary N) is 1. The van der Waals surface area contributed by atoms with Gasteiger partial charge in [-0.1, -0.05) is 12.8 Å². The number of rotatable bonds is 3. The molecule has 0 amide bonds. The molecule has 2 nitrogen and oxygen atoms in total. The lowest BCUT2D eigenvalue weighted by atomic mass is 9.92. The predicted molar refractivity (Wildman–Crippen MR) is 68.9 cm³/mol. The molecule has 1 aromatic heterocycles. The van der Waals surface area contributed by atoms with Crippen LogP contribution in [-0.4, -0.2) is 17.3 Å². The van der Waals surface area contributed by atoms with E-state index >= 15 is 0 Å². The van der Waals surface area contributed by atoms with Crippen molar-refractivity contribution in [1.82, 2.24) is 5.32 Å². The van der Waals surface area contributed by atoms with Gasteiger partial charge in [-0.3, -0.25) is 0 Å². The van der Waals surface area contributed by atoms with E-state index in [4.69, 9.17) is 0 Å². The number of hydrogen-bond donors (Lipinski definition) is 2. The van der Waals surface area contributed by atoms with Gasteiger partial charge in [-0.25, -0.2) is 0 Å². The maximum Gasteiger partial charge on any atom is 0.0693 e. The van der Waals surface area contributed by atoms with Gasteiger partial charge in [0.25, 0.3) is 0 Å². The van der Waals surface area contributed by atoms with Crippen LogP contribution in [0.1, 0.15) is 41.0 Å².